The van der Waals surface area contributed by atoms with E-state index in [0.29, 0.717) is 5.92 Å². The fourth-order valence-electron chi connectivity index (χ4n) is 2.85. The highest BCUT2D eigenvalue weighted by atomic mass is 16.5. The molecule has 1 fully saturated rings. The molecule has 0 spiro atoms. The first-order valence-corrected chi connectivity index (χ1v) is 6.80. The van der Waals surface area contributed by atoms with Crippen LogP contribution in [-0.2, 0) is 4.79 Å². The molecule has 0 atom stereocenters. The Kier molecular flexibility index (Phi) is 4.61. The zero-order chi connectivity index (χ0) is 13.7. The number of hydrogen-bond acceptors (Lipinski definition) is 2. The SMILES string of the molecule is COc1ccccc1/C(=C/C(=O)O)C1CCCCC1. The second-order valence-electron chi connectivity index (χ2n) is 4.97. The Hall–Kier alpha value is -1.77. The standard InChI is InChI=1S/C16H20O3/c1-19-15-10-6-5-9-13(15)14(11-16(17)18)12-7-3-2-4-8-12/h5-6,9-12H,2-4,7-8H2,1H3,(H,17,18)/b14-11+. The van der Waals surface area contributed by atoms with Crippen LogP contribution in [0.4, 0.5) is 0 Å². The van der Waals surface area contributed by atoms with Gasteiger partial charge in [0.15, 0.2) is 0 Å². The summed E-state index contributed by atoms with van der Waals surface area (Å²) in [6, 6.07) is 7.66. The summed E-state index contributed by atoms with van der Waals surface area (Å²) in [5.41, 5.74) is 1.82. The van der Waals surface area contributed by atoms with E-state index in [1.165, 1.54) is 25.3 Å². The molecule has 0 unspecified atom stereocenters. The number of benzene rings is 1. The summed E-state index contributed by atoms with van der Waals surface area (Å²) in [4.78, 5) is 11.1. The Morgan fingerprint density at radius 2 is 1.95 bits per heavy atom. The summed E-state index contributed by atoms with van der Waals surface area (Å²) < 4.78 is 5.36. The minimum Gasteiger partial charge on any atom is -0.496 e. The molecule has 1 aliphatic rings. The van der Waals surface area contributed by atoms with Crippen molar-refractivity contribution in [2.45, 2.75) is 32.1 Å². The van der Waals surface area contributed by atoms with E-state index in [4.69, 9.17) is 9.84 Å². The second-order valence-corrected chi connectivity index (χ2v) is 4.97. The highest BCUT2D eigenvalue weighted by molar-refractivity contribution is 5.91. The highest BCUT2D eigenvalue weighted by Crippen LogP contribution is 2.38. The van der Waals surface area contributed by atoms with Crippen molar-refractivity contribution >= 4 is 11.5 Å². The number of aliphatic carboxylic acids is 1. The van der Waals surface area contributed by atoms with Crippen LogP contribution in [0.2, 0.25) is 0 Å². The van der Waals surface area contributed by atoms with Crippen molar-refractivity contribution in [2.24, 2.45) is 5.92 Å². The molecular weight excluding hydrogens is 240 g/mol. The van der Waals surface area contributed by atoms with Crippen LogP contribution in [0.5, 0.6) is 5.75 Å². The first-order valence-electron chi connectivity index (χ1n) is 6.80. The molecule has 0 aliphatic heterocycles. The van der Waals surface area contributed by atoms with Gasteiger partial charge in [-0.05, 0) is 30.4 Å². The third-order valence-electron chi connectivity index (χ3n) is 3.74. The van der Waals surface area contributed by atoms with Crippen LogP contribution in [0.25, 0.3) is 5.57 Å². The summed E-state index contributed by atoms with van der Waals surface area (Å²) in [6.07, 6.45) is 7.10. The Bertz CT molecular complexity index is 471. The van der Waals surface area contributed by atoms with Gasteiger partial charge < -0.3 is 9.84 Å². The van der Waals surface area contributed by atoms with Gasteiger partial charge in [0.2, 0.25) is 0 Å². The molecule has 102 valence electrons. The molecule has 0 aromatic heterocycles. The molecule has 1 saturated carbocycles. The van der Waals surface area contributed by atoms with Crippen molar-refractivity contribution in [3.63, 3.8) is 0 Å². The average molecular weight is 260 g/mol. The van der Waals surface area contributed by atoms with Gasteiger partial charge in [-0.15, -0.1) is 0 Å². The van der Waals surface area contributed by atoms with Crippen LogP contribution in [0.1, 0.15) is 37.7 Å². The van der Waals surface area contributed by atoms with E-state index in [1.54, 1.807) is 7.11 Å². The lowest BCUT2D eigenvalue weighted by Gasteiger charge is -2.25. The maximum absolute atomic E-state index is 11.1. The summed E-state index contributed by atoms with van der Waals surface area (Å²) in [5.74, 6) is 0.202. The zero-order valence-corrected chi connectivity index (χ0v) is 11.3. The maximum Gasteiger partial charge on any atom is 0.328 e. The van der Waals surface area contributed by atoms with Crippen molar-refractivity contribution < 1.29 is 14.6 Å². The van der Waals surface area contributed by atoms with E-state index >= 15 is 0 Å². The Morgan fingerprint density at radius 3 is 2.58 bits per heavy atom. The lowest BCUT2D eigenvalue weighted by Crippen LogP contribution is -2.11. The first-order chi connectivity index (χ1) is 9.22. The van der Waals surface area contributed by atoms with Crippen LogP contribution >= 0.6 is 0 Å². The van der Waals surface area contributed by atoms with Gasteiger partial charge in [-0.1, -0.05) is 37.5 Å². The van der Waals surface area contributed by atoms with Crippen molar-refractivity contribution in [1.82, 2.24) is 0 Å². The number of carboxylic acid groups (broad SMARTS) is 1. The van der Waals surface area contributed by atoms with E-state index in [2.05, 4.69) is 0 Å². The van der Waals surface area contributed by atoms with E-state index in [1.807, 2.05) is 24.3 Å². The summed E-state index contributed by atoms with van der Waals surface area (Å²) >= 11 is 0. The third kappa shape index (κ3) is 3.37. The van der Waals surface area contributed by atoms with Gasteiger partial charge in [-0.25, -0.2) is 4.79 Å². The van der Waals surface area contributed by atoms with Crippen molar-refractivity contribution in [1.29, 1.82) is 0 Å². The summed E-state index contributed by atoms with van der Waals surface area (Å²) in [5, 5.41) is 9.12. The fourth-order valence-corrected chi connectivity index (χ4v) is 2.85. The molecule has 0 radical (unpaired) electrons. The minimum atomic E-state index is -0.883. The van der Waals surface area contributed by atoms with Crippen molar-refractivity contribution in [2.75, 3.05) is 7.11 Å². The second kappa shape index (κ2) is 6.41. The number of carboxylic acids is 1. The number of carbonyl (C=O) groups is 1. The summed E-state index contributed by atoms with van der Waals surface area (Å²) in [6.45, 7) is 0. The quantitative estimate of drug-likeness (QED) is 0.839. The largest absolute Gasteiger partial charge is 0.496 e. The van der Waals surface area contributed by atoms with Crippen molar-refractivity contribution in [3.05, 3.63) is 35.9 Å². The van der Waals surface area contributed by atoms with Gasteiger partial charge in [0, 0.05) is 11.6 Å². The molecule has 1 aromatic rings. The zero-order valence-electron chi connectivity index (χ0n) is 11.3. The molecule has 3 nitrogen and oxygen atoms in total. The molecule has 0 saturated heterocycles. The van der Waals surface area contributed by atoms with Crippen LogP contribution in [0, 0.1) is 5.92 Å². The van der Waals surface area contributed by atoms with Gasteiger partial charge in [0.25, 0.3) is 0 Å². The van der Waals surface area contributed by atoms with Gasteiger partial charge in [0.05, 0.1) is 7.11 Å². The Morgan fingerprint density at radius 1 is 1.26 bits per heavy atom. The van der Waals surface area contributed by atoms with E-state index in [-0.39, 0.29) is 0 Å². The topological polar surface area (TPSA) is 46.5 Å². The van der Waals surface area contributed by atoms with Crippen LogP contribution < -0.4 is 4.74 Å². The number of rotatable bonds is 4. The lowest BCUT2D eigenvalue weighted by atomic mass is 9.80. The van der Waals surface area contributed by atoms with E-state index < -0.39 is 5.97 Å². The smallest absolute Gasteiger partial charge is 0.328 e. The molecule has 0 heterocycles. The normalized spacial score (nSPS) is 17.2. The molecule has 19 heavy (non-hydrogen) atoms. The average Bonchev–Trinajstić information content (AvgIpc) is 2.45. The fraction of sp³-hybridized carbons (Fsp3) is 0.438. The Balaban J connectivity index is 2.39. The number of allylic oxidation sites excluding steroid dienone is 1. The molecule has 1 aliphatic carbocycles. The predicted molar refractivity (Wildman–Crippen MR) is 75.2 cm³/mol. The van der Waals surface area contributed by atoms with Crippen LogP contribution in [0.15, 0.2) is 30.3 Å². The van der Waals surface area contributed by atoms with E-state index in [0.717, 1.165) is 29.7 Å². The molecule has 2 rings (SSSR count). The van der Waals surface area contributed by atoms with Crippen LogP contribution in [0.3, 0.4) is 0 Å². The lowest BCUT2D eigenvalue weighted by molar-refractivity contribution is -0.131. The number of para-hydroxylation sites is 1. The Labute approximate surface area is 113 Å². The number of hydrogen-bond donors (Lipinski definition) is 1. The minimum absolute atomic E-state index is 0.334. The monoisotopic (exact) mass is 260 g/mol. The predicted octanol–water partition coefficient (Wildman–Crippen LogP) is 3.74. The number of ether oxygens (including phenoxy) is 1. The highest BCUT2D eigenvalue weighted by Gasteiger charge is 2.22. The van der Waals surface area contributed by atoms with Gasteiger partial charge in [-0.2, -0.15) is 0 Å². The molecular formula is C16H20O3. The van der Waals surface area contributed by atoms with Crippen molar-refractivity contribution in [3.8, 4) is 5.75 Å². The van der Waals surface area contributed by atoms with Gasteiger partial charge in [0.1, 0.15) is 5.75 Å². The number of methoxy groups -OCH3 is 1. The summed E-state index contributed by atoms with van der Waals surface area (Å²) in [7, 11) is 1.62. The van der Waals surface area contributed by atoms with Gasteiger partial charge >= 0.3 is 5.97 Å². The molecule has 3 heteroatoms. The molecule has 1 aromatic carbocycles. The van der Waals surface area contributed by atoms with Gasteiger partial charge in [-0.3, -0.25) is 0 Å². The third-order valence-corrected chi connectivity index (χ3v) is 3.74. The van der Waals surface area contributed by atoms with Crippen LogP contribution in [-0.4, -0.2) is 18.2 Å². The van der Waals surface area contributed by atoms with E-state index in [9.17, 15) is 4.79 Å². The molecule has 1 N–H and O–H groups in total. The maximum atomic E-state index is 11.1. The molecule has 0 bridgehead atoms. The first kappa shape index (κ1) is 13.7. The molecule has 0 amide bonds.